The molecule has 0 spiro atoms. The average molecular weight is 328 g/mol. The maximum Gasteiger partial charge on any atom is 0.186 e. The van der Waals surface area contributed by atoms with Crippen LogP contribution in [-0.4, -0.2) is 32.7 Å². The summed E-state index contributed by atoms with van der Waals surface area (Å²) in [7, 11) is 1.93. The number of nitrogens with zero attached hydrogens (tertiary/aromatic N) is 4. The molecule has 0 aliphatic carbocycles. The van der Waals surface area contributed by atoms with Crippen molar-refractivity contribution in [1.82, 2.24) is 14.5 Å². The summed E-state index contributed by atoms with van der Waals surface area (Å²) in [6.45, 7) is 1.83. The van der Waals surface area contributed by atoms with Crippen LogP contribution >= 0.6 is 11.3 Å². The first-order chi connectivity index (χ1) is 11.2. The number of hydrogen-bond donors (Lipinski definition) is 1. The monoisotopic (exact) mass is 328 g/mol. The number of rotatable bonds is 3. The largest absolute Gasteiger partial charge is 0.385 e. The highest BCUT2D eigenvalue weighted by Crippen LogP contribution is 2.34. The summed E-state index contributed by atoms with van der Waals surface area (Å²) in [6.07, 6.45) is 5.20. The van der Waals surface area contributed by atoms with Crippen LogP contribution in [-0.2, 0) is 7.05 Å². The predicted octanol–water partition coefficient (Wildman–Crippen LogP) is 2.98. The second kappa shape index (κ2) is 5.94. The molecule has 0 saturated carbocycles. The minimum atomic E-state index is -0.521. The van der Waals surface area contributed by atoms with E-state index in [4.69, 9.17) is 4.98 Å². The highest BCUT2D eigenvalue weighted by atomic mass is 32.1. The Morgan fingerprint density at radius 1 is 1.35 bits per heavy atom. The van der Waals surface area contributed by atoms with E-state index < -0.39 is 6.10 Å². The lowest BCUT2D eigenvalue weighted by Gasteiger charge is -2.34. The van der Waals surface area contributed by atoms with Gasteiger partial charge in [0.05, 0.1) is 10.2 Å². The molecule has 0 bridgehead atoms. The summed E-state index contributed by atoms with van der Waals surface area (Å²) in [5.74, 6) is 0.943. The fourth-order valence-electron chi connectivity index (χ4n) is 3.31. The van der Waals surface area contributed by atoms with E-state index in [2.05, 4.69) is 22.0 Å². The molecule has 1 fully saturated rings. The van der Waals surface area contributed by atoms with Crippen LogP contribution in [0.2, 0.25) is 0 Å². The lowest BCUT2D eigenvalue weighted by Crippen LogP contribution is -2.38. The Morgan fingerprint density at radius 3 is 3.00 bits per heavy atom. The van der Waals surface area contributed by atoms with Crippen molar-refractivity contribution in [3.63, 3.8) is 0 Å². The summed E-state index contributed by atoms with van der Waals surface area (Å²) >= 11 is 1.73. The van der Waals surface area contributed by atoms with Crippen LogP contribution in [0.15, 0.2) is 36.7 Å². The number of piperidine rings is 1. The van der Waals surface area contributed by atoms with Gasteiger partial charge in [0, 0.05) is 38.4 Å². The van der Waals surface area contributed by atoms with Crippen molar-refractivity contribution in [2.24, 2.45) is 13.0 Å². The molecule has 2 aromatic heterocycles. The van der Waals surface area contributed by atoms with Gasteiger partial charge in [-0.25, -0.2) is 9.97 Å². The zero-order valence-electron chi connectivity index (χ0n) is 13.1. The Bertz CT molecular complexity index is 779. The van der Waals surface area contributed by atoms with E-state index in [1.807, 2.05) is 29.9 Å². The molecule has 4 rings (SSSR count). The third-order valence-corrected chi connectivity index (χ3v) is 5.68. The van der Waals surface area contributed by atoms with Crippen LogP contribution in [0.3, 0.4) is 0 Å². The van der Waals surface area contributed by atoms with E-state index in [1.54, 1.807) is 17.5 Å². The van der Waals surface area contributed by atoms with Gasteiger partial charge >= 0.3 is 0 Å². The molecule has 2 atom stereocenters. The summed E-state index contributed by atoms with van der Waals surface area (Å²) in [5, 5.41) is 11.8. The SMILES string of the molecule is Cn1ccnc1[C@@H](O)[C@@H]1CCCN(c2nc3ccccc3s2)C1. The maximum atomic E-state index is 10.7. The topological polar surface area (TPSA) is 54.2 Å². The molecular formula is C17H20N4OS. The third kappa shape index (κ3) is 2.72. The van der Waals surface area contributed by atoms with Crippen molar-refractivity contribution >= 4 is 26.7 Å². The number of hydrogen-bond acceptors (Lipinski definition) is 5. The van der Waals surface area contributed by atoms with Gasteiger partial charge in [-0.15, -0.1) is 0 Å². The number of aryl methyl sites for hydroxylation is 1. The lowest BCUT2D eigenvalue weighted by atomic mass is 9.92. The van der Waals surface area contributed by atoms with Crippen LogP contribution in [0.4, 0.5) is 5.13 Å². The van der Waals surface area contributed by atoms with Gasteiger partial charge in [-0.2, -0.15) is 0 Å². The highest BCUT2D eigenvalue weighted by molar-refractivity contribution is 7.22. The summed E-state index contributed by atoms with van der Waals surface area (Å²) in [6, 6.07) is 8.24. The lowest BCUT2D eigenvalue weighted by molar-refractivity contribution is 0.0875. The van der Waals surface area contributed by atoms with Crippen LogP contribution in [0.1, 0.15) is 24.8 Å². The Morgan fingerprint density at radius 2 is 2.22 bits per heavy atom. The Hall–Kier alpha value is -1.92. The van der Waals surface area contributed by atoms with E-state index in [-0.39, 0.29) is 5.92 Å². The molecule has 1 aliphatic heterocycles. The fraction of sp³-hybridized carbons (Fsp3) is 0.412. The molecule has 120 valence electrons. The molecule has 5 nitrogen and oxygen atoms in total. The first-order valence-corrected chi connectivity index (χ1v) is 8.80. The second-order valence-corrected chi connectivity index (χ2v) is 7.16. The van der Waals surface area contributed by atoms with Crippen LogP contribution in [0, 0.1) is 5.92 Å². The zero-order valence-corrected chi connectivity index (χ0v) is 13.9. The molecule has 0 unspecified atom stereocenters. The quantitative estimate of drug-likeness (QED) is 0.803. The van der Waals surface area contributed by atoms with Gasteiger partial charge in [-0.1, -0.05) is 23.5 Å². The third-order valence-electron chi connectivity index (χ3n) is 4.58. The number of imidazole rings is 1. The molecular weight excluding hydrogens is 308 g/mol. The number of aromatic nitrogens is 3. The molecule has 1 aromatic carbocycles. The number of thiazole rings is 1. The molecule has 1 N–H and O–H groups in total. The molecule has 6 heteroatoms. The second-order valence-electron chi connectivity index (χ2n) is 6.15. The van der Waals surface area contributed by atoms with Crippen molar-refractivity contribution in [3.8, 4) is 0 Å². The van der Waals surface area contributed by atoms with Crippen LogP contribution < -0.4 is 4.90 Å². The van der Waals surface area contributed by atoms with E-state index in [0.717, 1.165) is 42.4 Å². The minimum Gasteiger partial charge on any atom is -0.385 e. The van der Waals surface area contributed by atoms with Gasteiger partial charge in [0.15, 0.2) is 5.13 Å². The van der Waals surface area contributed by atoms with Crippen LogP contribution in [0.25, 0.3) is 10.2 Å². The van der Waals surface area contributed by atoms with E-state index in [1.165, 1.54) is 4.70 Å². The Balaban J connectivity index is 1.56. The molecule has 1 saturated heterocycles. The zero-order chi connectivity index (χ0) is 15.8. The number of anilines is 1. The Kier molecular flexibility index (Phi) is 3.79. The van der Waals surface area contributed by atoms with Gasteiger partial charge in [0.2, 0.25) is 0 Å². The number of aliphatic hydroxyl groups is 1. The average Bonchev–Trinajstić information content (AvgIpc) is 3.20. The highest BCUT2D eigenvalue weighted by Gasteiger charge is 2.30. The van der Waals surface area contributed by atoms with Crippen molar-refractivity contribution in [2.75, 3.05) is 18.0 Å². The Labute approximate surface area is 139 Å². The smallest absolute Gasteiger partial charge is 0.186 e. The molecule has 23 heavy (non-hydrogen) atoms. The van der Waals surface area contributed by atoms with Gasteiger partial charge in [0.25, 0.3) is 0 Å². The van der Waals surface area contributed by atoms with Crippen LogP contribution in [0.5, 0.6) is 0 Å². The number of fused-ring (bicyclic) bond motifs is 1. The number of para-hydroxylation sites is 1. The molecule has 3 aromatic rings. The maximum absolute atomic E-state index is 10.7. The first kappa shape index (κ1) is 14.7. The summed E-state index contributed by atoms with van der Waals surface area (Å²) < 4.78 is 3.12. The molecule has 0 amide bonds. The van der Waals surface area contributed by atoms with Gasteiger partial charge in [-0.3, -0.25) is 0 Å². The summed E-state index contributed by atoms with van der Waals surface area (Å²) in [4.78, 5) is 11.4. The van der Waals surface area contributed by atoms with Crippen molar-refractivity contribution in [1.29, 1.82) is 0 Å². The van der Waals surface area contributed by atoms with E-state index >= 15 is 0 Å². The minimum absolute atomic E-state index is 0.192. The van der Waals surface area contributed by atoms with Gasteiger partial charge in [-0.05, 0) is 25.0 Å². The standard InChI is InChI=1S/C17H20N4OS/c1-20-10-8-18-16(20)15(22)12-5-4-9-21(11-12)17-19-13-6-2-3-7-14(13)23-17/h2-3,6-8,10,12,15,22H,4-5,9,11H2,1H3/t12-,15+/m1/s1. The predicted molar refractivity (Wildman–Crippen MR) is 92.7 cm³/mol. The summed E-state index contributed by atoms with van der Waals surface area (Å²) in [5.41, 5.74) is 1.05. The molecule has 3 heterocycles. The van der Waals surface area contributed by atoms with Crippen molar-refractivity contribution in [3.05, 3.63) is 42.5 Å². The van der Waals surface area contributed by atoms with Crippen molar-refractivity contribution < 1.29 is 5.11 Å². The van der Waals surface area contributed by atoms with E-state index in [9.17, 15) is 5.11 Å². The number of aliphatic hydroxyl groups excluding tert-OH is 1. The van der Waals surface area contributed by atoms with Gasteiger partial charge < -0.3 is 14.6 Å². The molecule has 1 aliphatic rings. The normalized spacial score (nSPS) is 20.1. The fourth-order valence-corrected chi connectivity index (χ4v) is 4.31. The first-order valence-electron chi connectivity index (χ1n) is 7.98. The van der Waals surface area contributed by atoms with Crippen molar-refractivity contribution in [2.45, 2.75) is 18.9 Å². The van der Waals surface area contributed by atoms with E-state index in [0.29, 0.717) is 0 Å². The number of benzene rings is 1. The van der Waals surface area contributed by atoms with Gasteiger partial charge in [0.1, 0.15) is 11.9 Å². The molecule has 0 radical (unpaired) electrons.